The van der Waals surface area contributed by atoms with Gasteiger partial charge in [0.1, 0.15) is 0 Å². The number of rotatable bonds is 3. The fraction of sp³-hybridized carbons (Fsp3) is 0.684. The maximum Gasteiger partial charge on any atom is 0.312 e. The van der Waals surface area contributed by atoms with Crippen LogP contribution in [-0.4, -0.2) is 18.9 Å². The molecule has 0 radical (unpaired) electrons. The SMILES string of the molecule is C=C(C)[C@@H]1CC[C@]2(C(=O)OC)CC[C@]3(C)[C@H](CC[C@@H]4[C@@]5(C)C/C(=C\c6ccccc6)C(=O)C(C)(C)[C@@H]5CC[C@]43C)[C@@H]12. The van der Waals surface area contributed by atoms with E-state index in [0.717, 1.165) is 49.7 Å². The molecule has 0 spiro atoms. The molecule has 3 heteroatoms. The number of ketones is 1. The van der Waals surface area contributed by atoms with Crippen molar-refractivity contribution < 1.29 is 14.3 Å². The number of hydrogen-bond donors (Lipinski definition) is 0. The summed E-state index contributed by atoms with van der Waals surface area (Å²) < 4.78 is 5.54. The lowest BCUT2D eigenvalue weighted by Crippen LogP contribution is -2.67. The molecule has 41 heavy (non-hydrogen) atoms. The Morgan fingerprint density at radius 3 is 2.27 bits per heavy atom. The number of esters is 1. The molecule has 5 fully saturated rings. The van der Waals surface area contributed by atoms with Crippen LogP contribution in [-0.2, 0) is 14.3 Å². The maximum absolute atomic E-state index is 14.0. The zero-order valence-electron chi connectivity index (χ0n) is 26.6. The first-order valence-electron chi connectivity index (χ1n) is 16.3. The summed E-state index contributed by atoms with van der Waals surface area (Å²) in [6.07, 6.45) is 11.7. The van der Waals surface area contributed by atoms with Crippen molar-refractivity contribution in [1.29, 1.82) is 0 Å². The summed E-state index contributed by atoms with van der Waals surface area (Å²) in [7, 11) is 1.59. The summed E-state index contributed by atoms with van der Waals surface area (Å²) in [6.45, 7) is 18.9. The molecule has 5 aliphatic carbocycles. The third-order valence-electron chi connectivity index (χ3n) is 14.4. The fourth-order valence-electron chi connectivity index (χ4n) is 12.4. The second-order valence-electron chi connectivity index (χ2n) is 16.1. The minimum atomic E-state index is -0.365. The molecule has 0 bridgehead atoms. The summed E-state index contributed by atoms with van der Waals surface area (Å²) in [5.41, 5.74) is 3.06. The molecule has 222 valence electrons. The molecule has 3 nitrogen and oxygen atoms in total. The number of methoxy groups -OCH3 is 1. The van der Waals surface area contributed by atoms with Crippen LogP contribution in [0.3, 0.4) is 0 Å². The minimum Gasteiger partial charge on any atom is -0.469 e. The van der Waals surface area contributed by atoms with Crippen molar-refractivity contribution in [3.63, 3.8) is 0 Å². The topological polar surface area (TPSA) is 43.4 Å². The first-order chi connectivity index (χ1) is 19.3. The highest BCUT2D eigenvalue weighted by Gasteiger charge is 2.72. The Morgan fingerprint density at radius 1 is 0.902 bits per heavy atom. The highest BCUT2D eigenvalue weighted by molar-refractivity contribution is 6.04. The van der Waals surface area contributed by atoms with E-state index in [1.807, 2.05) is 6.07 Å². The second-order valence-corrected chi connectivity index (χ2v) is 16.1. The quantitative estimate of drug-likeness (QED) is 0.212. The monoisotopic (exact) mass is 556 g/mol. The fourth-order valence-corrected chi connectivity index (χ4v) is 12.4. The number of fused-ring (bicyclic) bond motifs is 7. The van der Waals surface area contributed by atoms with E-state index in [9.17, 15) is 9.59 Å². The smallest absolute Gasteiger partial charge is 0.312 e. The largest absolute Gasteiger partial charge is 0.469 e. The van der Waals surface area contributed by atoms with Gasteiger partial charge in [-0.05, 0) is 128 Å². The van der Waals surface area contributed by atoms with Crippen molar-refractivity contribution in [2.45, 2.75) is 99.3 Å². The highest BCUT2D eigenvalue weighted by atomic mass is 16.5. The number of carbonyl (C=O) groups is 2. The average Bonchev–Trinajstić information content (AvgIpc) is 3.33. The molecule has 0 heterocycles. The molecule has 0 unspecified atom stereocenters. The van der Waals surface area contributed by atoms with Gasteiger partial charge in [-0.2, -0.15) is 0 Å². The van der Waals surface area contributed by atoms with Crippen LogP contribution < -0.4 is 0 Å². The molecule has 0 amide bonds. The molecule has 0 saturated heterocycles. The number of ether oxygens (including phenoxy) is 1. The summed E-state index contributed by atoms with van der Waals surface area (Å²) in [5, 5.41) is 0. The van der Waals surface area contributed by atoms with Gasteiger partial charge in [-0.25, -0.2) is 0 Å². The summed E-state index contributed by atoms with van der Waals surface area (Å²) in [4.78, 5) is 27.5. The van der Waals surface area contributed by atoms with Crippen LogP contribution in [0.4, 0.5) is 0 Å². The van der Waals surface area contributed by atoms with E-state index in [-0.39, 0.29) is 33.0 Å². The molecule has 6 rings (SSSR count). The van der Waals surface area contributed by atoms with Gasteiger partial charge >= 0.3 is 5.97 Å². The molecule has 5 aliphatic rings. The van der Waals surface area contributed by atoms with Crippen molar-refractivity contribution >= 4 is 17.8 Å². The zero-order valence-corrected chi connectivity index (χ0v) is 26.6. The second kappa shape index (κ2) is 9.42. The Morgan fingerprint density at radius 2 is 1.61 bits per heavy atom. The van der Waals surface area contributed by atoms with Crippen LogP contribution in [0.25, 0.3) is 6.08 Å². The molecular weight excluding hydrogens is 504 g/mol. The minimum absolute atomic E-state index is 0.0273. The lowest BCUT2D eigenvalue weighted by atomic mass is 9.32. The molecule has 9 atom stereocenters. The van der Waals surface area contributed by atoms with Gasteiger partial charge in [-0.15, -0.1) is 0 Å². The van der Waals surface area contributed by atoms with E-state index in [1.54, 1.807) is 7.11 Å². The predicted octanol–water partition coefficient (Wildman–Crippen LogP) is 9.08. The lowest BCUT2D eigenvalue weighted by Gasteiger charge is -2.72. The Bertz CT molecular complexity index is 1290. The molecule has 0 aromatic heterocycles. The lowest BCUT2D eigenvalue weighted by molar-refractivity contribution is -0.232. The first-order valence-corrected chi connectivity index (χ1v) is 16.3. The van der Waals surface area contributed by atoms with Crippen molar-refractivity contribution in [2.75, 3.05) is 7.11 Å². The molecule has 5 saturated carbocycles. The van der Waals surface area contributed by atoms with Gasteiger partial charge in [0.05, 0.1) is 12.5 Å². The normalized spacial score (nSPS) is 45.7. The number of benzene rings is 1. The van der Waals surface area contributed by atoms with Gasteiger partial charge in [0, 0.05) is 5.41 Å². The van der Waals surface area contributed by atoms with Gasteiger partial charge in [0.15, 0.2) is 5.78 Å². The van der Waals surface area contributed by atoms with E-state index in [2.05, 4.69) is 78.5 Å². The summed E-state index contributed by atoms with van der Waals surface area (Å²) in [6, 6.07) is 10.4. The number of hydrogen-bond acceptors (Lipinski definition) is 3. The van der Waals surface area contributed by atoms with Crippen LogP contribution in [0.15, 0.2) is 48.1 Å². The van der Waals surface area contributed by atoms with Crippen molar-refractivity contribution in [3.8, 4) is 0 Å². The molecule has 0 N–H and O–H groups in total. The van der Waals surface area contributed by atoms with Gasteiger partial charge < -0.3 is 4.74 Å². The molecule has 1 aromatic rings. The van der Waals surface area contributed by atoms with Gasteiger partial charge in [-0.1, -0.05) is 77.1 Å². The van der Waals surface area contributed by atoms with Gasteiger partial charge in [0.25, 0.3) is 0 Å². The number of allylic oxidation sites excluding steroid dienone is 2. The van der Waals surface area contributed by atoms with Crippen molar-refractivity contribution in [3.05, 3.63) is 53.6 Å². The Hall–Kier alpha value is -2.16. The summed E-state index contributed by atoms with van der Waals surface area (Å²) in [5.74, 6) is 2.55. The third-order valence-corrected chi connectivity index (χ3v) is 14.4. The van der Waals surface area contributed by atoms with Crippen molar-refractivity contribution in [1.82, 2.24) is 0 Å². The van der Waals surface area contributed by atoms with Crippen LogP contribution in [0.2, 0.25) is 0 Å². The van der Waals surface area contributed by atoms with E-state index < -0.39 is 0 Å². The molecular formula is C38H52O3. The standard InChI is InChI=1S/C38H52O3/c1-24(2)27-16-19-38(33(40)41-8)21-20-36(6)28(31(27)38)14-15-30-35(5)23-26(22-25-12-10-9-11-13-25)32(39)34(3,4)29(35)17-18-37(30,36)7/h9-13,22,27-31H,1,14-21,23H2,2-8H3/b26-22+/t27-,28+,29-,30+,31+,35-,36+,37+,38-/m0/s1. The van der Waals surface area contributed by atoms with Gasteiger partial charge in [-0.3, -0.25) is 9.59 Å². The number of carbonyl (C=O) groups excluding carboxylic acids is 2. The Kier molecular flexibility index (Phi) is 6.65. The van der Waals surface area contributed by atoms with E-state index >= 15 is 0 Å². The molecule has 1 aromatic carbocycles. The zero-order chi connectivity index (χ0) is 29.6. The highest BCUT2D eigenvalue weighted by Crippen LogP contribution is 2.77. The third kappa shape index (κ3) is 3.75. The van der Waals surface area contributed by atoms with E-state index in [4.69, 9.17) is 4.74 Å². The predicted molar refractivity (Wildman–Crippen MR) is 166 cm³/mol. The van der Waals surface area contributed by atoms with Crippen LogP contribution >= 0.6 is 0 Å². The Balaban J connectivity index is 1.42. The van der Waals surface area contributed by atoms with E-state index in [1.165, 1.54) is 24.8 Å². The summed E-state index contributed by atoms with van der Waals surface area (Å²) >= 11 is 0. The van der Waals surface area contributed by atoms with Gasteiger partial charge in [0.2, 0.25) is 0 Å². The number of Topliss-reactive ketones (excluding diaryl/α,β-unsaturated/α-hetero) is 1. The van der Waals surface area contributed by atoms with Crippen molar-refractivity contribution in [2.24, 2.45) is 56.7 Å². The van der Waals surface area contributed by atoms with Crippen LogP contribution in [0.5, 0.6) is 0 Å². The molecule has 0 aliphatic heterocycles. The maximum atomic E-state index is 14.0. The van der Waals surface area contributed by atoms with Crippen LogP contribution in [0, 0.1) is 56.7 Å². The Labute approximate surface area is 248 Å². The first kappa shape index (κ1) is 28.9. The van der Waals surface area contributed by atoms with Crippen LogP contribution in [0.1, 0.15) is 105 Å². The van der Waals surface area contributed by atoms with E-state index in [0.29, 0.717) is 35.4 Å². The average molecular weight is 557 g/mol.